The zero-order chi connectivity index (χ0) is 18.9. The molecule has 140 valence electrons. The fourth-order valence-electron chi connectivity index (χ4n) is 3.12. The van der Waals surface area contributed by atoms with Crippen molar-refractivity contribution in [2.24, 2.45) is 0 Å². The zero-order valence-corrected chi connectivity index (χ0v) is 16.4. The number of aryl methyl sites for hydroxylation is 2. The highest BCUT2D eigenvalue weighted by molar-refractivity contribution is 7.89. The van der Waals surface area contributed by atoms with E-state index in [9.17, 15) is 16.8 Å². The molecular weight excluding hydrogens is 372 g/mol. The Balaban J connectivity index is 1.78. The van der Waals surface area contributed by atoms with Crippen molar-refractivity contribution in [3.8, 4) is 0 Å². The second-order valence-electron chi connectivity index (χ2n) is 6.39. The molecule has 0 saturated carbocycles. The van der Waals surface area contributed by atoms with E-state index in [4.69, 9.17) is 0 Å². The van der Waals surface area contributed by atoms with Crippen molar-refractivity contribution < 1.29 is 16.8 Å². The van der Waals surface area contributed by atoms with E-state index in [2.05, 4.69) is 0 Å². The van der Waals surface area contributed by atoms with E-state index in [0.29, 0.717) is 5.56 Å². The van der Waals surface area contributed by atoms with Crippen LogP contribution in [-0.4, -0.2) is 51.6 Å². The highest BCUT2D eigenvalue weighted by atomic mass is 32.2. The van der Waals surface area contributed by atoms with Crippen molar-refractivity contribution in [2.45, 2.75) is 23.6 Å². The highest BCUT2D eigenvalue weighted by Gasteiger charge is 2.34. The molecule has 1 aliphatic rings. The molecule has 6 nitrogen and oxygen atoms in total. The molecule has 1 saturated heterocycles. The maximum atomic E-state index is 12.9. The average molecular weight is 395 g/mol. The summed E-state index contributed by atoms with van der Waals surface area (Å²) in [5.74, 6) is 0. The molecule has 3 rings (SSSR count). The van der Waals surface area contributed by atoms with Crippen molar-refractivity contribution in [3.63, 3.8) is 0 Å². The van der Waals surface area contributed by atoms with E-state index in [-0.39, 0.29) is 36.0 Å². The summed E-state index contributed by atoms with van der Waals surface area (Å²) in [7, 11) is -7.23. The Bertz CT molecular complexity index is 995. The van der Waals surface area contributed by atoms with Crippen LogP contribution in [0.25, 0.3) is 0 Å². The predicted octanol–water partition coefficient (Wildman–Crippen LogP) is 2.00. The fourth-order valence-corrected chi connectivity index (χ4v) is 6.19. The van der Waals surface area contributed by atoms with Gasteiger partial charge in [0.15, 0.2) is 0 Å². The molecule has 0 aromatic heterocycles. The monoisotopic (exact) mass is 394 g/mol. The van der Waals surface area contributed by atoms with E-state index in [1.807, 2.05) is 13.0 Å². The molecule has 0 N–H and O–H groups in total. The number of hydrogen-bond acceptors (Lipinski definition) is 4. The Kier molecular flexibility index (Phi) is 5.21. The van der Waals surface area contributed by atoms with Gasteiger partial charge < -0.3 is 0 Å². The van der Waals surface area contributed by atoms with Crippen LogP contribution in [0.3, 0.4) is 0 Å². The van der Waals surface area contributed by atoms with Gasteiger partial charge in [-0.05, 0) is 37.6 Å². The molecule has 0 aliphatic carbocycles. The molecule has 0 atom stereocenters. The molecular formula is C18H22N2O4S2. The van der Waals surface area contributed by atoms with E-state index in [1.165, 1.54) is 8.61 Å². The minimum absolute atomic E-state index is 0.140. The number of rotatable bonds is 4. The summed E-state index contributed by atoms with van der Waals surface area (Å²) in [5.41, 5.74) is 1.70. The fraction of sp³-hybridized carbons (Fsp3) is 0.333. The highest BCUT2D eigenvalue weighted by Crippen LogP contribution is 2.24. The minimum Gasteiger partial charge on any atom is -0.207 e. The Morgan fingerprint density at radius 1 is 0.731 bits per heavy atom. The van der Waals surface area contributed by atoms with Crippen molar-refractivity contribution in [1.82, 2.24) is 8.61 Å². The molecule has 0 radical (unpaired) electrons. The molecule has 1 heterocycles. The first-order valence-electron chi connectivity index (χ1n) is 8.35. The molecule has 0 spiro atoms. The van der Waals surface area contributed by atoms with E-state index in [0.717, 1.165) is 5.56 Å². The summed E-state index contributed by atoms with van der Waals surface area (Å²) in [6.07, 6.45) is 0. The Hall–Kier alpha value is -1.74. The molecule has 0 bridgehead atoms. The third-order valence-electron chi connectivity index (χ3n) is 4.53. The summed E-state index contributed by atoms with van der Waals surface area (Å²) in [6, 6.07) is 13.4. The third-order valence-corrected chi connectivity index (χ3v) is 8.50. The Morgan fingerprint density at radius 3 is 1.81 bits per heavy atom. The maximum absolute atomic E-state index is 12.9. The van der Waals surface area contributed by atoms with Gasteiger partial charge in [-0.15, -0.1) is 0 Å². The maximum Gasteiger partial charge on any atom is 0.243 e. The summed E-state index contributed by atoms with van der Waals surface area (Å²) in [6.45, 7) is 4.25. The number of piperazine rings is 1. The van der Waals surface area contributed by atoms with Gasteiger partial charge in [-0.1, -0.05) is 35.9 Å². The van der Waals surface area contributed by atoms with Gasteiger partial charge in [0.1, 0.15) is 0 Å². The van der Waals surface area contributed by atoms with Gasteiger partial charge >= 0.3 is 0 Å². The van der Waals surface area contributed by atoms with Crippen LogP contribution < -0.4 is 0 Å². The van der Waals surface area contributed by atoms with Crippen molar-refractivity contribution >= 4 is 20.0 Å². The van der Waals surface area contributed by atoms with Gasteiger partial charge in [0.05, 0.1) is 9.79 Å². The van der Waals surface area contributed by atoms with Crippen LogP contribution in [0.1, 0.15) is 11.1 Å². The van der Waals surface area contributed by atoms with Crippen LogP contribution in [0.4, 0.5) is 0 Å². The lowest BCUT2D eigenvalue weighted by atomic mass is 10.2. The van der Waals surface area contributed by atoms with Crippen LogP contribution in [0.15, 0.2) is 58.3 Å². The Morgan fingerprint density at radius 2 is 1.27 bits per heavy atom. The minimum atomic E-state index is -3.63. The Labute approximate surface area is 155 Å². The molecule has 8 heteroatoms. The molecule has 1 fully saturated rings. The summed E-state index contributed by atoms with van der Waals surface area (Å²) >= 11 is 0. The lowest BCUT2D eigenvalue weighted by Gasteiger charge is -2.33. The number of benzene rings is 2. The number of hydrogen-bond donors (Lipinski definition) is 0. The molecule has 0 amide bonds. The molecule has 1 aliphatic heterocycles. The van der Waals surface area contributed by atoms with Gasteiger partial charge in [-0.25, -0.2) is 16.8 Å². The van der Waals surface area contributed by atoms with Crippen molar-refractivity contribution in [3.05, 3.63) is 59.7 Å². The summed E-state index contributed by atoms with van der Waals surface area (Å²) in [5, 5.41) is 0. The third kappa shape index (κ3) is 3.55. The SMILES string of the molecule is Cc1ccc(S(=O)(=O)N2CCN(S(=O)(=O)c3ccccc3)CC2)c(C)c1. The van der Waals surface area contributed by atoms with E-state index >= 15 is 0 Å². The van der Waals surface area contributed by atoms with Gasteiger partial charge in [0, 0.05) is 26.2 Å². The second-order valence-corrected chi connectivity index (χ2v) is 10.2. The lowest BCUT2D eigenvalue weighted by Crippen LogP contribution is -2.50. The quantitative estimate of drug-likeness (QED) is 0.795. The van der Waals surface area contributed by atoms with Crippen LogP contribution >= 0.6 is 0 Å². The lowest BCUT2D eigenvalue weighted by molar-refractivity contribution is 0.272. The average Bonchev–Trinajstić information content (AvgIpc) is 2.62. The summed E-state index contributed by atoms with van der Waals surface area (Å²) in [4.78, 5) is 0.508. The largest absolute Gasteiger partial charge is 0.243 e. The van der Waals surface area contributed by atoms with Crippen LogP contribution in [0.2, 0.25) is 0 Å². The van der Waals surface area contributed by atoms with Gasteiger partial charge in [-0.3, -0.25) is 0 Å². The van der Waals surface area contributed by atoms with Crippen molar-refractivity contribution in [1.29, 1.82) is 0 Å². The first-order valence-corrected chi connectivity index (χ1v) is 11.2. The first kappa shape index (κ1) is 19.0. The molecule has 0 unspecified atom stereocenters. The summed E-state index contributed by atoms with van der Waals surface area (Å²) < 4.78 is 53.8. The van der Waals surface area contributed by atoms with E-state index in [1.54, 1.807) is 49.4 Å². The normalized spacial score (nSPS) is 17.3. The molecule has 2 aromatic carbocycles. The topological polar surface area (TPSA) is 74.8 Å². The smallest absolute Gasteiger partial charge is 0.207 e. The zero-order valence-electron chi connectivity index (χ0n) is 14.8. The molecule has 2 aromatic rings. The van der Waals surface area contributed by atoms with Gasteiger partial charge in [-0.2, -0.15) is 8.61 Å². The van der Waals surface area contributed by atoms with Crippen LogP contribution in [0.5, 0.6) is 0 Å². The number of sulfonamides is 2. The van der Waals surface area contributed by atoms with E-state index < -0.39 is 20.0 Å². The van der Waals surface area contributed by atoms with Crippen LogP contribution in [-0.2, 0) is 20.0 Å². The van der Waals surface area contributed by atoms with Gasteiger partial charge in [0.25, 0.3) is 0 Å². The number of nitrogens with zero attached hydrogens (tertiary/aromatic N) is 2. The standard InChI is InChI=1S/C18H22N2O4S2/c1-15-8-9-18(16(2)14-15)26(23,24)20-12-10-19(11-13-20)25(21,22)17-6-4-3-5-7-17/h3-9,14H,10-13H2,1-2H3. The predicted molar refractivity (Wildman–Crippen MR) is 99.9 cm³/mol. The first-order chi connectivity index (χ1) is 12.2. The molecule has 26 heavy (non-hydrogen) atoms. The second kappa shape index (κ2) is 7.11. The van der Waals surface area contributed by atoms with Crippen molar-refractivity contribution in [2.75, 3.05) is 26.2 Å². The van der Waals surface area contributed by atoms with Gasteiger partial charge in [0.2, 0.25) is 20.0 Å². The van der Waals surface area contributed by atoms with Crippen LogP contribution in [0, 0.1) is 13.8 Å².